The number of thiophene rings is 1. The molecule has 1 aliphatic rings. The van der Waals surface area contributed by atoms with Crippen molar-refractivity contribution in [1.82, 2.24) is 19.7 Å². The van der Waals surface area contributed by atoms with Crippen LogP contribution >= 0.6 is 23.6 Å². The maximum atomic E-state index is 14.0. The van der Waals surface area contributed by atoms with Crippen molar-refractivity contribution in [2.24, 2.45) is 0 Å². The lowest BCUT2D eigenvalue weighted by Crippen LogP contribution is -2.35. The van der Waals surface area contributed by atoms with Gasteiger partial charge in [0.25, 0.3) is 0 Å². The molecule has 0 spiro atoms. The molecule has 0 bridgehead atoms. The van der Waals surface area contributed by atoms with Gasteiger partial charge in [-0.05, 0) is 42.6 Å². The van der Waals surface area contributed by atoms with Gasteiger partial charge in [-0.3, -0.25) is 14.5 Å². The second-order valence-electron chi connectivity index (χ2n) is 6.26. The molecule has 5 nitrogen and oxygen atoms in total. The van der Waals surface area contributed by atoms with Crippen LogP contribution in [0.3, 0.4) is 0 Å². The minimum absolute atomic E-state index is 0.0777. The van der Waals surface area contributed by atoms with Gasteiger partial charge in [-0.2, -0.15) is 5.10 Å². The standard InChI is InChI=1S/C18H17FN4OS2/c19-14-5-2-1-4-12(14)10-22(13-7-8-13)16(24)11-23-17(20-21-18(23)25)15-6-3-9-26-15/h1-6,9,13H,7-8,10-11H2,(H,21,25). The number of H-pyrrole nitrogens is 1. The molecule has 0 saturated heterocycles. The van der Waals surface area contributed by atoms with E-state index < -0.39 is 0 Å². The first-order chi connectivity index (χ1) is 12.6. The van der Waals surface area contributed by atoms with Crippen LogP contribution in [0.1, 0.15) is 18.4 Å². The summed E-state index contributed by atoms with van der Waals surface area (Å²) in [6, 6.07) is 10.6. The van der Waals surface area contributed by atoms with Crippen molar-refractivity contribution < 1.29 is 9.18 Å². The van der Waals surface area contributed by atoms with Crippen LogP contribution in [0.5, 0.6) is 0 Å². The summed E-state index contributed by atoms with van der Waals surface area (Å²) in [5.41, 5.74) is 0.530. The Labute approximate surface area is 159 Å². The van der Waals surface area contributed by atoms with Crippen LogP contribution in [-0.4, -0.2) is 31.6 Å². The zero-order valence-corrected chi connectivity index (χ0v) is 15.5. The molecule has 1 amide bonds. The molecule has 2 aromatic heterocycles. The van der Waals surface area contributed by atoms with Crippen molar-refractivity contribution in [3.63, 3.8) is 0 Å². The molecule has 1 saturated carbocycles. The Bertz CT molecular complexity index is 975. The van der Waals surface area contributed by atoms with Gasteiger partial charge in [0.1, 0.15) is 12.4 Å². The van der Waals surface area contributed by atoms with Gasteiger partial charge in [-0.15, -0.1) is 11.3 Å². The molecule has 0 aliphatic heterocycles. The third-order valence-corrected chi connectivity index (χ3v) is 5.58. The second-order valence-corrected chi connectivity index (χ2v) is 7.59. The highest BCUT2D eigenvalue weighted by molar-refractivity contribution is 7.71. The van der Waals surface area contributed by atoms with Gasteiger partial charge in [0, 0.05) is 18.2 Å². The Kier molecular flexibility index (Phi) is 4.69. The smallest absolute Gasteiger partial charge is 0.243 e. The number of carbonyl (C=O) groups is 1. The molecule has 0 atom stereocenters. The van der Waals surface area contributed by atoms with E-state index in [1.54, 1.807) is 27.7 Å². The molecule has 0 unspecified atom stereocenters. The van der Waals surface area contributed by atoms with Crippen molar-refractivity contribution in [2.75, 3.05) is 0 Å². The highest BCUT2D eigenvalue weighted by Gasteiger charge is 2.33. The Morgan fingerprint density at radius 1 is 1.35 bits per heavy atom. The van der Waals surface area contributed by atoms with Gasteiger partial charge < -0.3 is 4.90 Å². The van der Waals surface area contributed by atoms with Crippen LogP contribution < -0.4 is 0 Å². The molecule has 4 rings (SSSR count). The third-order valence-electron chi connectivity index (χ3n) is 4.40. The average Bonchev–Trinajstić information content (AvgIpc) is 3.20. The molecule has 3 aromatic rings. The molecule has 1 aliphatic carbocycles. The molecular weight excluding hydrogens is 371 g/mol. The maximum Gasteiger partial charge on any atom is 0.243 e. The number of rotatable bonds is 6. The summed E-state index contributed by atoms with van der Waals surface area (Å²) in [6.45, 7) is 0.364. The van der Waals surface area contributed by atoms with Crippen LogP contribution in [0.25, 0.3) is 10.7 Å². The van der Waals surface area contributed by atoms with Crippen molar-refractivity contribution in [2.45, 2.75) is 32.0 Å². The Balaban J connectivity index is 1.58. The number of nitrogens with zero attached hydrogens (tertiary/aromatic N) is 3. The number of halogens is 1. The highest BCUT2D eigenvalue weighted by atomic mass is 32.1. The Morgan fingerprint density at radius 3 is 2.85 bits per heavy atom. The van der Waals surface area contributed by atoms with Gasteiger partial charge in [0.15, 0.2) is 10.6 Å². The number of carbonyl (C=O) groups excluding carboxylic acids is 1. The molecule has 1 fully saturated rings. The number of hydrogen-bond donors (Lipinski definition) is 1. The van der Waals surface area contributed by atoms with Gasteiger partial charge in [-0.1, -0.05) is 24.3 Å². The fourth-order valence-electron chi connectivity index (χ4n) is 2.90. The van der Waals surface area contributed by atoms with E-state index in [0.717, 1.165) is 17.7 Å². The molecule has 8 heteroatoms. The SMILES string of the molecule is O=C(Cn1c(-c2cccs2)n[nH]c1=S)N(Cc1ccccc1F)C1CC1. The summed E-state index contributed by atoms with van der Waals surface area (Å²) < 4.78 is 16.1. The minimum atomic E-state index is -0.287. The number of aromatic amines is 1. The summed E-state index contributed by atoms with van der Waals surface area (Å²) in [5.74, 6) is 0.288. The lowest BCUT2D eigenvalue weighted by Gasteiger charge is -2.23. The van der Waals surface area contributed by atoms with Gasteiger partial charge in [0.2, 0.25) is 5.91 Å². The van der Waals surface area contributed by atoms with Crippen LogP contribution in [0, 0.1) is 10.6 Å². The minimum Gasteiger partial charge on any atom is -0.334 e. The number of nitrogens with one attached hydrogen (secondary N) is 1. The van der Waals surface area contributed by atoms with E-state index in [-0.39, 0.29) is 30.9 Å². The van der Waals surface area contributed by atoms with E-state index in [1.165, 1.54) is 17.4 Å². The molecular formula is C18H17FN4OS2. The van der Waals surface area contributed by atoms with Gasteiger partial charge in [-0.25, -0.2) is 4.39 Å². The van der Waals surface area contributed by atoms with Crippen molar-refractivity contribution in [3.05, 3.63) is 57.9 Å². The zero-order chi connectivity index (χ0) is 18.1. The van der Waals surface area contributed by atoms with E-state index in [4.69, 9.17) is 12.2 Å². The van der Waals surface area contributed by atoms with Crippen LogP contribution in [0.15, 0.2) is 41.8 Å². The zero-order valence-electron chi connectivity index (χ0n) is 13.9. The first-order valence-corrected chi connectivity index (χ1v) is 9.64. The predicted molar refractivity (Wildman–Crippen MR) is 101 cm³/mol. The fraction of sp³-hybridized carbons (Fsp3) is 0.278. The first kappa shape index (κ1) is 17.1. The van der Waals surface area contributed by atoms with Crippen molar-refractivity contribution in [1.29, 1.82) is 0 Å². The number of aromatic nitrogens is 3. The van der Waals surface area contributed by atoms with E-state index >= 15 is 0 Å². The van der Waals surface area contributed by atoms with Crippen molar-refractivity contribution >= 4 is 29.5 Å². The second kappa shape index (κ2) is 7.13. The quantitative estimate of drug-likeness (QED) is 0.650. The molecule has 1 aromatic carbocycles. The summed E-state index contributed by atoms with van der Waals surface area (Å²) >= 11 is 6.84. The van der Waals surface area contributed by atoms with E-state index in [2.05, 4.69) is 10.2 Å². The van der Waals surface area contributed by atoms with E-state index in [0.29, 0.717) is 16.2 Å². The number of amides is 1. The lowest BCUT2D eigenvalue weighted by molar-refractivity contribution is -0.133. The first-order valence-electron chi connectivity index (χ1n) is 8.35. The van der Waals surface area contributed by atoms with Crippen LogP contribution in [0.2, 0.25) is 0 Å². The fourth-order valence-corrected chi connectivity index (χ4v) is 3.82. The molecule has 1 N–H and O–H groups in total. The van der Waals surface area contributed by atoms with Gasteiger partial charge >= 0.3 is 0 Å². The monoisotopic (exact) mass is 388 g/mol. The highest BCUT2D eigenvalue weighted by Crippen LogP contribution is 2.30. The third kappa shape index (κ3) is 3.47. The van der Waals surface area contributed by atoms with E-state index in [1.807, 2.05) is 17.5 Å². The number of hydrogen-bond acceptors (Lipinski definition) is 4. The summed E-state index contributed by atoms with van der Waals surface area (Å²) in [4.78, 5) is 15.7. The maximum absolute atomic E-state index is 14.0. The summed E-state index contributed by atoms with van der Waals surface area (Å²) in [7, 11) is 0. The topological polar surface area (TPSA) is 53.9 Å². The summed E-state index contributed by atoms with van der Waals surface area (Å²) in [5, 5.41) is 8.97. The number of benzene rings is 1. The lowest BCUT2D eigenvalue weighted by atomic mass is 10.2. The largest absolute Gasteiger partial charge is 0.334 e. The van der Waals surface area contributed by atoms with Crippen LogP contribution in [-0.2, 0) is 17.9 Å². The van der Waals surface area contributed by atoms with Crippen LogP contribution in [0.4, 0.5) is 4.39 Å². The predicted octanol–water partition coefficient (Wildman–Crippen LogP) is 4.00. The normalized spacial score (nSPS) is 13.7. The Morgan fingerprint density at radius 2 is 2.15 bits per heavy atom. The van der Waals surface area contributed by atoms with Crippen molar-refractivity contribution in [3.8, 4) is 10.7 Å². The Hall–Kier alpha value is -2.32. The molecule has 0 radical (unpaired) electrons. The van der Waals surface area contributed by atoms with E-state index in [9.17, 15) is 9.18 Å². The molecule has 2 heterocycles. The molecule has 134 valence electrons. The van der Waals surface area contributed by atoms with Gasteiger partial charge in [0.05, 0.1) is 4.88 Å². The average molecular weight is 388 g/mol. The molecule has 26 heavy (non-hydrogen) atoms. The summed E-state index contributed by atoms with van der Waals surface area (Å²) in [6.07, 6.45) is 1.91.